The number of nitrogens with two attached hydrogens (primary N) is 2. The fraction of sp³-hybridized carbons (Fsp3) is 0.462. The molecule has 0 saturated carbocycles. The molecule has 0 aromatic heterocycles. The van der Waals surface area contributed by atoms with Crippen molar-refractivity contribution in [2.24, 2.45) is 17.4 Å². The molecule has 1 rings (SSSR count). The summed E-state index contributed by atoms with van der Waals surface area (Å²) in [6, 6.07) is 9.84. The molecule has 0 saturated heterocycles. The van der Waals surface area contributed by atoms with Gasteiger partial charge >= 0.3 is 0 Å². The zero-order valence-corrected chi connectivity index (χ0v) is 9.97. The fourth-order valence-electron chi connectivity index (χ4n) is 1.57. The van der Waals surface area contributed by atoms with Crippen molar-refractivity contribution in [1.82, 2.24) is 0 Å². The quantitative estimate of drug-likeness (QED) is 0.708. The number of benzene rings is 1. The van der Waals surface area contributed by atoms with Gasteiger partial charge in [0.1, 0.15) is 0 Å². The molecule has 0 aliphatic carbocycles. The lowest BCUT2D eigenvalue weighted by atomic mass is 10.0. The Bertz CT molecular complexity index is 327. The van der Waals surface area contributed by atoms with Crippen molar-refractivity contribution in [3.05, 3.63) is 35.9 Å². The molecule has 0 aliphatic heterocycles. The number of rotatable bonds is 8. The van der Waals surface area contributed by atoms with Crippen molar-refractivity contribution in [1.29, 1.82) is 0 Å². The predicted octanol–water partition coefficient (Wildman–Crippen LogP) is 1.04. The second kappa shape index (κ2) is 7.81. The van der Waals surface area contributed by atoms with Crippen LogP contribution in [0.15, 0.2) is 30.3 Å². The van der Waals surface area contributed by atoms with Crippen molar-refractivity contribution in [2.45, 2.75) is 19.4 Å². The molecule has 1 atom stereocenters. The number of primary amides is 1. The molecule has 0 aliphatic rings. The maximum Gasteiger partial charge on any atom is 0.222 e. The standard InChI is InChI=1S/C13H20N2O2/c14-8-4-7-12(13(15)16)10-17-9-11-5-2-1-3-6-11/h1-3,5-6,12H,4,7-10,14H2,(H2,15,16). The summed E-state index contributed by atoms with van der Waals surface area (Å²) in [5, 5.41) is 0. The van der Waals surface area contributed by atoms with E-state index in [4.69, 9.17) is 16.2 Å². The highest BCUT2D eigenvalue weighted by atomic mass is 16.5. The van der Waals surface area contributed by atoms with Crippen LogP contribution in [0, 0.1) is 5.92 Å². The largest absolute Gasteiger partial charge is 0.376 e. The van der Waals surface area contributed by atoms with Crippen LogP contribution in [-0.2, 0) is 16.1 Å². The molecule has 94 valence electrons. The molecule has 0 radical (unpaired) electrons. The summed E-state index contributed by atoms with van der Waals surface area (Å²) in [6.45, 7) is 1.44. The summed E-state index contributed by atoms with van der Waals surface area (Å²) in [5.74, 6) is -0.547. The Hall–Kier alpha value is -1.39. The third-order valence-corrected chi connectivity index (χ3v) is 2.59. The first-order chi connectivity index (χ1) is 8.24. The third kappa shape index (κ3) is 5.47. The second-order valence-corrected chi connectivity index (χ2v) is 4.03. The van der Waals surface area contributed by atoms with Gasteiger partial charge in [-0.15, -0.1) is 0 Å². The van der Waals surface area contributed by atoms with Gasteiger partial charge in [0.2, 0.25) is 5.91 Å². The van der Waals surface area contributed by atoms with Gasteiger partial charge in [0.05, 0.1) is 19.1 Å². The second-order valence-electron chi connectivity index (χ2n) is 4.03. The van der Waals surface area contributed by atoms with Gasteiger partial charge in [-0.25, -0.2) is 0 Å². The van der Waals surface area contributed by atoms with E-state index in [1.54, 1.807) is 0 Å². The van der Waals surface area contributed by atoms with E-state index >= 15 is 0 Å². The summed E-state index contributed by atoms with van der Waals surface area (Å²) in [7, 11) is 0. The van der Waals surface area contributed by atoms with Crippen LogP contribution in [0.2, 0.25) is 0 Å². The third-order valence-electron chi connectivity index (χ3n) is 2.59. The van der Waals surface area contributed by atoms with Crippen LogP contribution >= 0.6 is 0 Å². The fourth-order valence-corrected chi connectivity index (χ4v) is 1.57. The molecule has 4 heteroatoms. The zero-order valence-electron chi connectivity index (χ0n) is 9.97. The van der Waals surface area contributed by atoms with E-state index in [1.807, 2.05) is 30.3 Å². The van der Waals surface area contributed by atoms with Crippen LogP contribution in [0.5, 0.6) is 0 Å². The smallest absolute Gasteiger partial charge is 0.222 e. The lowest BCUT2D eigenvalue weighted by Gasteiger charge is -2.13. The van der Waals surface area contributed by atoms with E-state index in [1.165, 1.54) is 0 Å². The van der Waals surface area contributed by atoms with Crippen molar-refractivity contribution >= 4 is 5.91 Å². The van der Waals surface area contributed by atoms with Gasteiger partial charge < -0.3 is 16.2 Å². The monoisotopic (exact) mass is 236 g/mol. The molecular weight excluding hydrogens is 216 g/mol. The first-order valence-corrected chi connectivity index (χ1v) is 5.85. The number of hydrogen-bond acceptors (Lipinski definition) is 3. The Morgan fingerprint density at radius 2 is 2.00 bits per heavy atom. The van der Waals surface area contributed by atoms with Crippen LogP contribution in [0.1, 0.15) is 18.4 Å². The summed E-state index contributed by atoms with van der Waals surface area (Å²) in [5.41, 5.74) is 11.8. The normalized spacial score (nSPS) is 12.3. The number of carbonyl (C=O) groups is 1. The molecular formula is C13H20N2O2. The molecule has 0 spiro atoms. The topological polar surface area (TPSA) is 78.3 Å². The first kappa shape index (κ1) is 13.7. The molecule has 4 N–H and O–H groups in total. The van der Waals surface area contributed by atoms with E-state index in [0.717, 1.165) is 12.0 Å². The predicted molar refractivity (Wildman–Crippen MR) is 67.1 cm³/mol. The number of ether oxygens (including phenoxy) is 1. The molecule has 1 aromatic rings. The van der Waals surface area contributed by atoms with Crippen molar-refractivity contribution in [2.75, 3.05) is 13.2 Å². The highest BCUT2D eigenvalue weighted by molar-refractivity contribution is 5.76. The Morgan fingerprint density at radius 3 is 2.59 bits per heavy atom. The van der Waals surface area contributed by atoms with Crippen LogP contribution in [-0.4, -0.2) is 19.1 Å². The molecule has 0 heterocycles. The molecule has 0 fully saturated rings. The van der Waals surface area contributed by atoms with Gasteiger partial charge in [0.15, 0.2) is 0 Å². The van der Waals surface area contributed by atoms with Crippen molar-refractivity contribution in [3.63, 3.8) is 0 Å². The maximum atomic E-state index is 11.1. The van der Waals surface area contributed by atoms with E-state index < -0.39 is 0 Å². The minimum atomic E-state index is -0.313. The Balaban J connectivity index is 2.29. The van der Waals surface area contributed by atoms with E-state index in [2.05, 4.69) is 0 Å². The van der Waals surface area contributed by atoms with E-state index in [9.17, 15) is 4.79 Å². The lowest BCUT2D eigenvalue weighted by molar-refractivity contribution is -0.124. The van der Waals surface area contributed by atoms with Gasteiger partial charge in [0.25, 0.3) is 0 Å². The summed E-state index contributed by atoms with van der Waals surface area (Å²) < 4.78 is 5.50. The minimum absolute atomic E-state index is 0.234. The molecule has 1 amide bonds. The maximum absolute atomic E-state index is 11.1. The van der Waals surface area contributed by atoms with Gasteiger partial charge in [0, 0.05) is 0 Å². The highest BCUT2D eigenvalue weighted by Gasteiger charge is 2.14. The van der Waals surface area contributed by atoms with Gasteiger partial charge in [-0.3, -0.25) is 4.79 Å². The molecule has 17 heavy (non-hydrogen) atoms. The number of carbonyl (C=O) groups excluding carboxylic acids is 1. The summed E-state index contributed by atoms with van der Waals surface area (Å²) in [4.78, 5) is 11.1. The average Bonchev–Trinajstić information content (AvgIpc) is 2.34. The van der Waals surface area contributed by atoms with Crippen LogP contribution in [0.25, 0.3) is 0 Å². The minimum Gasteiger partial charge on any atom is -0.376 e. The van der Waals surface area contributed by atoms with Crippen LogP contribution < -0.4 is 11.5 Å². The molecule has 4 nitrogen and oxygen atoms in total. The molecule has 0 bridgehead atoms. The highest BCUT2D eigenvalue weighted by Crippen LogP contribution is 2.08. The van der Waals surface area contributed by atoms with Gasteiger partial charge in [-0.2, -0.15) is 0 Å². The first-order valence-electron chi connectivity index (χ1n) is 5.85. The summed E-state index contributed by atoms with van der Waals surface area (Å²) in [6.07, 6.45) is 1.49. The number of hydrogen-bond donors (Lipinski definition) is 2. The van der Waals surface area contributed by atoms with E-state index in [-0.39, 0.29) is 11.8 Å². The Labute approximate surface area is 102 Å². The van der Waals surface area contributed by atoms with Gasteiger partial charge in [-0.1, -0.05) is 30.3 Å². The molecule has 1 aromatic carbocycles. The SMILES string of the molecule is NCCCC(COCc1ccccc1)C(N)=O. The Morgan fingerprint density at radius 1 is 1.29 bits per heavy atom. The average molecular weight is 236 g/mol. The van der Waals surface area contributed by atoms with Crippen molar-refractivity contribution < 1.29 is 9.53 Å². The Kier molecular flexibility index (Phi) is 6.29. The van der Waals surface area contributed by atoms with E-state index in [0.29, 0.717) is 26.2 Å². The van der Waals surface area contributed by atoms with Gasteiger partial charge in [-0.05, 0) is 24.9 Å². The van der Waals surface area contributed by atoms with Crippen LogP contribution in [0.3, 0.4) is 0 Å². The molecule has 1 unspecified atom stereocenters. The van der Waals surface area contributed by atoms with Crippen LogP contribution in [0.4, 0.5) is 0 Å². The zero-order chi connectivity index (χ0) is 12.5. The number of amides is 1. The summed E-state index contributed by atoms with van der Waals surface area (Å²) >= 11 is 0. The van der Waals surface area contributed by atoms with Crippen molar-refractivity contribution in [3.8, 4) is 0 Å². The lowest BCUT2D eigenvalue weighted by Crippen LogP contribution is -2.28.